The summed E-state index contributed by atoms with van der Waals surface area (Å²) in [6.45, 7) is 0.0563. The number of hydrogen-bond acceptors (Lipinski definition) is 4. The maximum absolute atomic E-state index is 12.4. The molecular formula is C22H17F3N2O4. The molecule has 1 heterocycles. The van der Waals surface area contributed by atoms with Crippen LogP contribution in [-0.4, -0.2) is 22.4 Å². The molecule has 0 fully saturated rings. The van der Waals surface area contributed by atoms with Gasteiger partial charge < -0.3 is 19.6 Å². The third-order valence-electron chi connectivity index (χ3n) is 5.28. The molecule has 1 atom stereocenters. The van der Waals surface area contributed by atoms with E-state index in [4.69, 9.17) is 15.1 Å². The summed E-state index contributed by atoms with van der Waals surface area (Å²) in [7, 11) is 0. The van der Waals surface area contributed by atoms with Crippen LogP contribution >= 0.6 is 0 Å². The van der Waals surface area contributed by atoms with Crippen LogP contribution in [0.5, 0.6) is 11.5 Å². The third-order valence-corrected chi connectivity index (χ3v) is 5.28. The number of hydrogen-bond donors (Lipinski definition) is 2. The molecule has 0 radical (unpaired) electrons. The third kappa shape index (κ3) is 4.43. The predicted octanol–water partition coefficient (Wildman–Crippen LogP) is 5.02. The molecule has 0 saturated heterocycles. The van der Waals surface area contributed by atoms with Gasteiger partial charge in [0.15, 0.2) is 0 Å². The zero-order valence-electron chi connectivity index (χ0n) is 16.1. The van der Waals surface area contributed by atoms with Gasteiger partial charge in [-0.25, -0.2) is 0 Å². The molecule has 1 aliphatic rings. The van der Waals surface area contributed by atoms with E-state index < -0.39 is 18.1 Å². The van der Waals surface area contributed by atoms with Gasteiger partial charge in [-0.3, -0.25) is 4.79 Å². The minimum absolute atomic E-state index is 0.0360. The van der Waals surface area contributed by atoms with E-state index in [1.165, 1.54) is 12.1 Å². The summed E-state index contributed by atoms with van der Waals surface area (Å²) in [5.74, 6) is -0.862. The summed E-state index contributed by atoms with van der Waals surface area (Å²) in [4.78, 5) is 14.4. The predicted molar refractivity (Wildman–Crippen MR) is 104 cm³/mol. The zero-order chi connectivity index (χ0) is 22.2. The van der Waals surface area contributed by atoms with Gasteiger partial charge in [0.2, 0.25) is 0 Å². The lowest BCUT2D eigenvalue weighted by molar-refractivity contribution is -0.274. The molecule has 0 saturated carbocycles. The van der Waals surface area contributed by atoms with Crippen LogP contribution in [0.4, 0.5) is 13.2 Å². The Morgan fingerprint density at radius 3 is 2.77 bits per heavy atom. The van der Waals surface area contributed by atoms with Crippen molar-refractivity contribution in [3.05, 3.63) is 58.8 Å². The second-order valence-electron chi connectivity index (χ2n) is 7.34. The van der Waals surface area contributed by atoms with Crippen molar-refractivity contribution in [2.75, 3.05) is 0 Å². The van der Waals surface area contributed by atoms with E-state index in [0.717, 1.165) is 41.1 Å². The van der Waals surface area contributed by atoms with Crippen LogP contribution in [0.1, 0.15) is 41.1 Å². The van der Waals surface area contributed by atoms with E-state index in [1.807, 2.05) is 12.1 Å². The number of rotatable bonds is 6. The average Bonchev–Trinajstić information content (AvgIpc) is 3.25. The van der Waals surface area contributed by atoms with Crippen molar-refractivity contribution >= 4 is 16.9 Å². The molecule has 3 aromatic rings. The van der Waals surface area contributed by atoms with Gasteiger partial charge in [-0.15, -0.1) is 13.2 Å². The molecule has 0 amide bonds. The van der Waals surface area contributed by atoms with E-state index in [9.17, 15) is 18.0 Å². The van der Waals surface area contributed by atoms with Gasteiger partial charge in [0.05, 0.1) is 12.0 Å². The molecular weight excluding hydrogens is 413 g/mol. The Hall–Kier alpha value is -3.67. The molecule has 1 unspecified atom stereocenters. The first-order valence-electron chi connectivity index (χ1n) is 9.51. The fourth-order valence-corrected chi connectivity index (χ4v) is 3.97. The van der Waals surface area contributed by atoms with E-state index in [0.29, 0.717) is 11.3 Å². The molecule has 0 spiro atoms. The van der Waals surface area contributed by atoms with Crippen LogP contribution in [0, 0.1) is 11.3 Å². The van der Waals surface area contributed by atoms with E-state index in [2.05, 4.69) is 9.72 Å². The molecule has 9 heteroatoms. The molecule has 6 nitrogen and oxygen atoms in total. The van der Waals surface area contributed by atoms with Gasteiger partial charge >= 0.3 is 12.3 Å². The Morgan fingerprint density at radius 1 is 1.26 bits per heavy atom. The zero-order valence-corrected chi connectivity index (χ0v) is 16.1. The minimum Gasteiger partial charge on any atom is -0.489 e. The quantitative estimate of drug-likeness (QED) is 0.573. The second-order valence-corrected chi connectivity index (χ2v) is 7.34. The highest BCUT2D eigenvalue weighted by Crippen LogP contribution is 2.40. The maximum atomic E-state index is 12.4. The first-order valence-corrected chi connectivity index (χ1v) is 9.51. The van der Waals surface area contributed by atoms with Crippen molar-refractivity contribution < 1.29 is 32.5 Å². The molecule has 2 N–H and O–H groups in total. The van der Waals surface area contributed by atoms with Crippen LogP contribution < -0.4 is 9.47 Å². The van der Waals surface area contributed by atoms with E-state index in [1.54, 1.807) is 12.1 Å². The Kier molecular flexibility index (Phi) is 5.23. The summed E-state index contributed by atoms with van der Waals surface area (Å²) >= 11 is 0. The summed E-state index contributed by atoms with van der Waals surface area (Å²) in [6, 6.07) is 11.0. The van der Waals surface area contributed by atoms with E-state index >= 15 is 0 Å². The Bertz CT molecular complexity index is 1190. The fraction of sp³-hybridized carbons (Fsp3) is 0.273. The van der Waals surface area contributed by atoms with Crippen molar-refractivity contribution in [2.24, 2.45) is 0 Å². The molecule has 4 rings (SSSR count). The summed E-state index contributed by atoms with van der Waals surface area (Å²) in [6.07, 6.45) is -3.24. The standard InChI is InChI=1S/C22H17F3N2O4/c23-22(24,25)31-19-6-1-12(7-14(19)10-26)11-30-15-3-5-18-17(9-15)16-4-2-13(8-20(28)29)21(16)27-18/h1,3,5-7,9,13,27H,2,4,8,11H2,(H,28,29). The lowest BCUT2D eigenvalue weighted by Crippen LogP contribution is -2.18. The van der Waals surface area contributed by atoms with Gasteiger partial charge in [-0.2, -0.15) is 5.26 Å². The number of aromatic nitrogens is 1. The summed E-state index contributed by atoms with van der Waals surface area (Å²) < 4.78 is 46.9. The number of carboxylic acid groups (broad SMARTS) is 1. The number of nitrogens with one attached hydrogen (secondary N) is 1. The number of carbonyl (C=O) groups is 1. The number of aromatic amines is 1. The number of nitrogens with zero attached hydrogens (tertiary/aromatic N) is 1. The van der Waals surface area contributed by atoms with Gasteiger partial charge in [0.25, 0.3) is 0 Å². The monoisotopic (exact) mass is 430 g/mol. The fourth-order valence-electron chi connectivity index (χ4n) is 3.97. The number of aliphatic carboxylic acids is 1. The number of benzene rings is 2. The largest absolute Gasteiger partial charge is 0.573 e. The number of fused-ring (bicyclic) bond motifs is 3. The summed E-state index contributed by atoms with van der Waals surface area (Å²) in [5.41, 5.74) is 3.22. The summed E-state index contributed by atoms with van der Waals surface area (Å²) in [5, 5.41) is 19.2. The van der Waals surface area contributed by atoms with Gasteiger partial charge in [0.1, 0.15) is 24.2 Å². The topological polar surface area (TPSA) is 95.3 Å². The number of nitriles is 1. The highest BCUT2D eigenvalue weighted by Gasteiger charge is 2.32. The van der Waals surface area contributed by atoms with Crippen molar-refractivity contribution in [1.29, 1.82) is 5.26 Å². The lowest BCUT2D eigenvalue weighted by Gasteiger charge is -2.12. The molecule has 1 aliphatic carbocycles. The number of alkyl halides is 3. The highest BCUT2D eigenvalue weighted by molar-refractivity contribution is 5.87. The smallest absolute Gasteiger partial charge is 0.489 e. The molecule has 1 aromatic heterocycles. The van der Waals surface area contributed by atoms with Crippen LogP contribution in [0.3, 0.4) is 0 Å². The number of aryl methyl sites for hydroxylation is 1. The molecule has 160 valence electrons. The number of H-pyrrole nitrogens is 1. The lowest BCUT2D eigenvalue weighted by atomic mass is 10.0. The number of carboxylic acids is 1. The van der Waals surface area contributed by atoms with Gasteiger partial charge in [0, 0.05) is 22.5 Å². The van der Waals surface area contributed by atoms with Crippen LogP contribution in [-0.2, 0) is 17.8 Å². The SMILES string of the molecule is N#Cc1cc(COc2ccc3[nH]c4c(c3c2)CCC4CC(=O)O)ccc1OC(F)(F)F. The van der Waals surface area contributed by atoms with Gasteiger partial charge in [-0.05, 0) is 54.3 Å². The van der Waals surface area contributed by atoms with Crippen LogP contribution in [0.25, 0.3) is 10.9 Å². The molecule has 0 aliphatic heterocycles. The van der Waals surface area contributed by atoms with E-state index in [-0.39, 0.29) is 24.5 Å². The van der Waals surface area contributed by atoms with Crippen LogP contribution in [0.15, 0.2) is 36.4 Å². The van der Waals surface area contributed by atoms with Gasteiger partial charge in [-0.1, -0.05) is 6.07 Å². The molecule has 0 bridgehead atoms. The van der Waals surface area contributed by atoms with Crippen molar-refractivity contribution in [3.63, 3.8) is 0 Å². The second kappa shape index (κ2) is 7.87. The average molecular weight is 430 g/mol. The minimum atomic E-state index is -4.88. The molecule has 31 heavy (non-hydrogen) atoms. The van der Waals surface area contributed by atoms with Crippen molar-refractivity contribution in [3.8, 4) is 17.6 Å². The first kappa shape index (κ1) is 20.6. The van der Waals surface area contributed by atoms with Crippen molar-refractivity contribution in [2.45, 2.75) is 38.1 Å². The number of halogens is 3. The normalized spacial score (nSPS) is 15.5. The van der Waals surface area contributed by atoms with Crippen molar-refractivity contribution in [1.82, 2.24) is 4.98 Å². The first-order chi connectivity index (χ1) is 14.7. The Balaban J connectivity index is 1.51. The van der Waals surface area contributed by atoms with Crippen LogP contribution in [0.2, 0.25) is 0 Å². The molecule has 2 aromatic carbocycles. The highest BCUT2D eigenvalue weighted by atomic mass is 19.4. The Labute approximate surface area is 174 Å². The Morgan fingerprint density at radius 2 is 2.06 bits per heavy atom. The number of ether oxygens (including phenoxy) is 2. The maximum Gasteiger partial charge on any atom is 0.573 e.